The molecule has 7 nitrogen and oxygen atoms in total. The molecule has 0 aliphatic carbocycles. The van der Waals surface area contributed by atoms with Crippen LogP contribution in [-0.2, 0) is 19.8 Å². The van der Waals surface area contributed by atoms with Crippen LogP contribution < -0.4 is 5.32 Å². The lowest BCUT2D eigenvalue weighted by Gasteiger charge is -2.31. The summed E-state index contributed by atoms with van der Waals surface area (Å²) in [6.07, 6.45) is 0. The van der Waals surface area contributed by atoms with Crippen LogP contribution in [0.4, 0.5) is 0 Å². The van der Waals surface area contributed by atoms with E-state index in [1.54, 1.807) is 0 Å². The third kappa shape index (κ3) is 3.71. The maximum absolute atomic E-state index is 12.2. The first-order valence-corrected chi connectivity index (χ1v) is 6.10. The third-order valence-corrected chi connectivity index (χ3v) is 2.86. The molecule has 1 aromatic rings. The molecule has 0 radical (unpaired) electrons. The summed E-state index contributed by atoms with van der Waals surface area (Å²) in [5, 5.41) is 6.51. The number of nitrogens with one attached hydrogen (secondary N) is 1. The molecule has 0 aliphatic rings. The van der Waals surface area contributed by atoms with Crippen molar-refractivity contribution in [2.24, 2.45) is 5.11 Å². The van der Waals surface area contributed by atoms with Crippen LogP contribution in [0.15, 0.2) is 35.4 Å². The van der Waals surface area contributed by atoms with Crippen molar-refractivity contribution in [3.05, 3.63) is 46.3 Å². The monoisotopic (exact) mass is 278 g/mol. The number of carbonyl (C=O) groups is 1. The first kappa shape index (κ1) is 16.0. The second-order valence-electron chi connectivity index (χ2n) is 4.08. The third-order valence-electron chi connectivity index (χ3n) is 2.86. The number of ether oxygens (including phenoxy) is 2. The second-order valence-corrected chi connectivity index (χ2v) is 4.08. The van der Waals surface area contributed by atoms with E-state index in [1.807, 2.05) is 30.3 Å². The standard InChI is InChI=1S/C13H18N4O3/c1-19-10-13(12(18)20-2,15-8-9-16-17-14)11-6-4-3-5-7-11/h3-7,15H,8-10H2,1-2H3. The molecule has 0 saturated heterocycles. The van der Waals surface area contributed by atoms with Crippen molar-refractivity contribution in [2.45, 2.75) is 5.54 Å². The zero-order chi connectivity index (χ0) is 14.8. The normalized spacial score (nSPS) is 13.1. The van der Waals surface area contributed by atoms with Gasteiger partial charge < -0.3 is 9.47 Å². The number of hydrogen-bond acceptors (Lipinski definition) is 5. The minimum Gasteiger partial charge on any atom is -0.467 e. The average Bonchev–Trinajstić information content (AvgIpc) is 2.50. The molecule has 0 spiro atoms. The molecule has 0 aliphatic heterocycles. The smallest absolute Gasteiger partial charge is 0.333 e. The fourth-order valence-corrected chi connectivity index (χ4v) is 1.96. The second kappa shape index (κ2) is 8.16. The first-order chi connectivity index (χ1) is 9.71. The molecule has 108 valence electrons. The van der Waals surface area contributed by atoms with E-state index in [0.29, 0.717) is 6.54 Å². The molecule has 0 aromatic heterocycles. The lowest BCUT2D eigenvalue weighted by Crippen LogP contribution is -2.54. The van der Waals surface area contributed by atoms with E-state index in [2.05, 4.69) is 15.3 Å². The predicted octanol–water partition coefficient (Wildman–Crippen LogP) is 1.60. The molecule has 7 heteroatoms. The lowest BCUT2D eigenvalue weighted by molar-refractivity contribution is -0.151. The SMILES string of the molecule is COCC(NCCN=[N+]=[N-])(C(=O)OC)c1ccccc1. The summed E-state index contributed by atoms with van der Waals surface area (Å²) >= 11 is 0. The molecule has 1 aromatic carbocycles. The Labute approximate surface area is 117 Å². The van der Waals surface area contributed by atoms with Gasteiger partial charge in [-0.2, -0.15) is 0 Å². The van der Waals surface area contributed by atoms with Crippen molar-refractivity contribution in [1.82, 2.24) is 5.32 Å². The minimum absolute atomic E-state index is 0.111. The van der Waals surface area contributed by atoms with Crippen LogP contribution in [0.25, 0.3) is 10.4 Å². The van der Waals surface area contributed by atoms with Gasteiger partial charge in [-0.1, -0.05) is 35.4 Å². The van der Waals surface area contributed by atoms with Crippen LogP contribution in [0.3, 0.4) is 0 Å². The van der Waals surface area contributed by atoms with Gasteiger partial charge in [-0.05, 0) is 11.1 Å². The van der Waals surface area contributed by atoms with Gasteiger partial charge in [0.05, 0.1) is 13.7 Å². The Morgan fingerprint density at radius 1 is 1.40 bits per heavy atom. The quantitative estimate of drug-likeness (QED) is 0.257. The zero-order valence-corrected chi connectivity index (χ0v) is 11.6. The van der Waals surface area contributed by atoms with Crippen LogP contribution in [-0.4, -0.2) is 39.9 Å². The highest BCUT2D eigenvalue weighted by Crippen LogP contribution is 2.23. The molecule has 1 rings (SSSR count). The predicted molar refractivity (Wildman–Crippen MR) is 74.0 cm³/mol. The van der Waals surface area contributed by atoms with Crippen LogP contribution in [0.5, 0.6) is 0 Å². The Morgan fingerprint density at radius 3 is 2.65 bits per heavy atom. The number of nitrogens with zero attached hydrogens (tertiary/aromatic N) is 3. The highest BCUT2D eigenvalue weighted by Gasteiger charge is 2.41. The number of azide groups is 1. The Kier molecular flexibility index (Phi) is 6.52. The van der Waals surface area contributed by atoms with E-state index in [4.69, 9.17) is 15.0 Å². The molecule has 0 amide bonds. The van der Waals surface area contributed by atoms with E-state index < -0.39 is 11.5 Å². The highest BCUT2D eigenvalue weighted by molar-refractivity contribution is 5.82. The molecule has 0 bridgehead atoms. The van der Waals surface area contributed by atoms with Gasteiger partial charge >= 0.3 is 5.97 Å². The van der Waals surface area contributed by atoms with Crippen molar-refractivity contribution in [3.8, 4) is 0 Å². The highest BCUT2D eigenvalue weighted by atomic mass is 16.5. The van der Waals surface area contributed by atoms with Crippen molar-refractivity contribution < 1.29 is 14.3 Å². The first-order valence-electron chi connectivity index (χ1n) is 6.10. The molecule has 1 atom stereocenters. The average molecular weight is 278 g/mol. The number of hydrogen-bond donors (Lipinski definition) is 1. The van der Waals surface area contributed by atoms with Gasteiger partial charge in [0.2, 0.25) is 0 Å². The van der Waals surface area contributed by atoms with Crippen molar-refractivity contribution in [3.63, 3.8) is 0 Å². The Bertz CT molecular complexity index is 474. The molecule has 0 heterocycles. The van der Waals surface area contributed by atoms with Gasteiger partial charge in [0.15, 0.2) is 5.54 Å². The molecule has 20 heavy (non-hydrogen) atoms. The fourth-order valence-electron chi connectivity index (χ4n) is 1.96. The molecule has 0 saturated carbocycles. The molecular weight excluding hydrogens is 260 g/mol. The van der Waals surface area contributed by atoms with Gasteiger partial charge in [0, 0.05) is 25.1 Å². The maximum Gasteiger partial charge on any atom is 0.333 e. The van der Waals surface area contributed by atoms with E-state index >= 15 is 0 Å². The largest absolute Gasteiger partial charge is 0.467 e. The number of carbonyl (C=O) groups excluding carboxylic acids is 1. The summed E-state index contributed by atoms with van der Waals surface area (Å²) in [6, 6.07) is 9.15. The number of methoxy groups -OCH3 is 2. The molecule has 1 N–H and O–H groups in total. The summed E-state index contributed by atoms with van der Waals surface area (Å²) < 4.78 is 10.1. The number of esters is 1. The van der Waals surface area contributed by atoms with Crippen molar-refractivity contribution in [2.75, 3.05) is 33.9 Å². The maximum atomic E-state index is 12.2. The molecule has 0 fully saturated rings. The van der Waals surface area contributed by atoms with E-state index in [0.717, 1.165) is 5.56 Å². The van der Waals surface area contributed by atoms with Gasteiger partial charge in [-0.15, -0.1) is 0 Å². The topological polar surface area (TPSA) is 96.3 Å². The van der Waals surface area contributed by atoms with Gasteiger partial charge in [0.25, 0.3) is 0 Å². The number of rotatable bonds is 8. The summed E-state index contributed by atoms with van der Waals surface area (Å²) in [5.41, 5.74) is 7.90. The van der Waals surface area contributed by atoms with Gasteiger partial charge in [-0.3, -0.25) is 5.32 Å². The zero-order valence-electron chi connectivity index (χ0n) is 11.6. The van der Waals surface area contributed by atoms with Gasteiger partial charge in [0.1, 0.15) is 0 Å². The van der Waals surface area contributed by atoms with Crippen molar-refractivity contribution >= 4 is 5.97 Å². The summed E-state index contributed by atoms with van der Waals surface area (Å²) in [7, 11) is 2.83. The molecular formula is C13H18N4O3. The van der Waals surface area contributed by atoms with E-state index in [9.17, 15) is 4.79 Å². The van der Waals surface area contributed by atoms with Crippen LogP contribution in [0.1, 0.15) is 5.56 Å². The van der Waals surface area contributed by atoms with E-state index in [1.165, 1.54) is 14.2 Å². The fraction of sp³-hybridized carbons (Fsp3) is 0.462. The van der Waals surface area contributed by atoms with E-state index in [-0.39, 0.29) is 13.2 Å². The number of benzene rings is 1. The van der Waals surface area contributed by atoms with Crippen LogP contribution in [0.2, 0.25) is 0 Å². The van der Waals surface area contributed by atoms with Crippen LogP contribution in [0, 0.1) is 0 Å². The summed E-state index contributed by atoms with van der Waals surface area (Å²) in [6.45, 7) is 0.670. The Hall–Kier alpha value is -2.08. The van der Waals surface area contributed by atoms with Crippen molar-refractivity contribution in [1.29, 1.82) is 0 Å². The Morgan fingerprint density at radius 2 is 2.10 bits per heavy atom. The summed E-state index contributed by atoms with van der Waals surface area (Å²) in [5.74, 6) is -0.452. The van der Waals surface area contributed by atoms with Gasteiger partial charge in [-0.25, -0.2) is 4.79 Å². The van der Waals surface area contributed by atoms with Crippen LogP contribution >= 0.6 is 0 Å². The molecule has 1 unspecified atom stereocenters. The summed E-state index contributed by atoms with van der Waals surface area (Å²) in [4.78, 5) is 14.9. The minimum atomic E-state index is -1.12. The Balaban J connectivity index is 3.07. The lowest BCUT2D eigenvalue weighted by atomic mass is 9.90.